The lowest BCUT2D eigenvalue weighted by atomic mass is 9.85. The minimum atomic E-state index is 0.129. The fourth-order valence-corrected chi connectivity index (χ4v) is 3.44. The number of carbonyl (C=O) groups is 1. The van der Waals surface area contributed by atoms with E-state index >= 15 is 0 Å². The number of hydrogen-bond donors (Lipinski definition) is 1. The second-order valence-corrected chi connectivity index (χ2v) is 8.22. The van der Waals surface area contributed by atoms with E-state index in [1.54, 1.807) is 0 Å². The number of nitrogens with one attached hydrogen (secondary N) is 1. The van der Waals surface area contributed by atoms with Crippen LogP contribution in [0.5, 0.6) is 0 Å². The highest BCUT2D eigenvalue weighted by Crippen LogP contribution is 2.28. The van der Waals surface area contributed by atoms with Crippen LogP contribution in [0, 0.1) is 0 Å². The molecule has 1 unspecified atom stereocenters. The molecular weight excluding hydrogens is 320 g/mol. The number of hydrogen-bond acceptors (Lipinski definition) is 2. The van der Waals surface area contributed by atoms with Gasteiger partial charge in [-0.15, -0.1) is 0 Å². The smallest absolute Gasteiger partial charge is 0.253 e. The normalized spacial score (nSPS) is 18.0. The number of carbonyl (C=O) groups excluding carboxylic acids is 1. The van der Waals surface area contributed by atoms with E-state index in [2.05, 4.69) is 69.4 Å². The van der Waals surface area contributed by atoms with Gasteiger partial charge in [-0.1, -0.05) is 64.1 Å². The minimum absolute atomic E-state index is 0.129. The van der Waals surface area contributed by atoms with Gasteiger partial charge in [-0.25, -0.2) is 0 Å². The van der Waals surface area contributed by atoms with Gasteiger partial charge >= 0.3 is 0 Å². The molecule has 0 radical (unpaired) electrons. The molecule has 1 saturated heterocycles. The van der Waals surface area contributed by atoms with Crippen LogP contribution in [-0.4, -0.2) is 36.5 Å². The summed E-state index contributed by atoms with van der Waals surface area (Å²) in [5, 5.41) is 3.46. The maximum Gasteiger partial charge on any atom is 0.253 e. The van der Waals surface area contributed by atoms with Gasteiger partial charge in [-0.3, -0.25) is 4.79 Å². The van der Waals surface area contributed by atoms with Gasteiger partial charge in [0.1, 0.15) is 0 Å². The highest BCUT2D eigenvalue weighted by atomic mass is 16.2. The summed E-state index contributed by atoms with van der Waals surface area (Å²) in [4.78, 5) is 14.8. The predicted molar refractivity (Wildman–Crippen MR) is 109 cm³/mol. The minimum Gasteiger partial charge on any atom is -0.336 e. The first-order valence-corrected chi connectivity index (χ1v) is 9.62. The maximum atomic E-state index is 12.8. The average Bonchev–Trinajstić information content (AvgIpc) is 2.67. The Hall–Kier alpha value is -2.13. The molecule has 2 aromatic carbocycles. The Morgan fingerprint density at radius 3 is 2.50 bits per heavy atom. The molecule has 3 nitrogen and oxygen atoms in total. The van der Waals surface area contributed by atoms with E-state index in [1.165, 1.54) is 11.1 Å². The van der Waals surface area contributed by atoms with Gasteiger partial charge in [0.15, 0.2) is 0 Å². The quantitative estimate of drug-likeness (QED) is 0.885. The van der Waals surface area contributed by atoms with Crippen LogP contribution >= 0.6 is 0 Å². The van der Waals surface area contributed by atoms with Crippen molar-refractivity contribution in [2.45, 2.75) is 45.6 Å². The maximum absolute atomic E-state index is 12.8. The van der Waals surface area contributed by atoms with Gasteiger partial charge in [-0.2, -0.15) is 0 Å². The Morgan fingerprint density at radius 1 is 1.12 bits per heavy atom. The highest BCUT2D eigenvalue weighted by molar-refractivity contribution is 5.94. The van der Waals surface area contributed by atoms with Crippen LogP contribution in [-0.2, 0) is 5.41 Å². The van der Waals surface area contributed by atoms with Crippen molar-refractivity contribution in [3.05, 3.63) is 59.7 Å². The van der Waals surface area contributed by atoms with Crippen LogP contribution in [0.25, 0.3) is 11.1 Å². The van der Waals surface area contributed by atoms with E-state index in [1.807, 2.05) is 17.0 Å². The van der Waals surface area contributed by atoms with Crippen molar-refractivity contribution >= 4 is 5.91 Å². The molecule has 0 aromatic heterocycles. The molecule has 3 heteroatoms. The molecule has 1 aliphatic rings. The van der Waals surface area contributed by atoms with Crippen molar-refractivity contribution in [2.24, 2.45) is 0 Å². The second kappa shape index (κ2) is 7.63. The molecule has 1 amide bonds. The van der Waals surface area contributed by atoms with Gasteiger partial charge in [-0.05, 0) is 40.7 Å². The molecule has 1 fully saturated rings. The van der Waals surface area contributed by atoms with Gasteiger partial charge in [0, 0.05) is 31.2 Å². The lowest BCUT2D eigenvalue weighted by molar-refractivity contribution is 0.0701. The lowest BCUT2D eigenvalue weighted by Crippen LogP contribution is -2.52. The first-order chi connectivity index (χ1) is 12.4. The van der Waals surface area contributed by atoms with E-state index in [4.69, 9.17) is 0 Å². The molecule has 1 aliphatic heterocycles. The van der Waals surface area contributed by atoms with Gasteiger partial charge in [0.25, 0.3) is 5.91 Å². The predicted octanol–water partition coefficient (Wildman–Crippen LogP) is 4.48. The van der Waals surface area contributed by atoms with Crippen molar-refractivity contribution in [1.82, 2.24) is 10.2 Å². The van der Waals surface area contributed by atoms with Gasteiger partial charge in [0.05, 0.1) is 0 Å². The second-order valence-electron chi connectivity index (χ2n) is 8.22. The number of benzene rings is 2. The standard InChI is InChI=1S/C23H30N2O/c1-5-21-16-25(14-13-24-21)22(26)18-11-9-17(10-12-18)19-7-6-8-20(15-19)23(2,3)4/h6-12,15,21,24H,5,13-14,16H2,1-4H3. The summed E-state index contributed by atoms with van der Waals surface area (Å²) in [6, 6.07) is 17.1. The number of nitrogens with zero attached hydrogens (tertiary/aromatic N) is 1. The monoisotopic (exact) mass is 350 g/mol. The largest absolute Gasteiger partial charge is 0.336 e. The third kappa shape index (κ3) is 4.16. The fraction of sp³-hybridized carbons (Fsp3) is 0.435. The molecule has 3 rings (SSSR count). The Kier molecular flexibility index (Phi) is 5.47. The van der Waals surface area contributed by atoms with Crippen LogP contribution in [0.4, 0.5) is 0 Å². The fourth-order valence-electron chi connectivity index (χ4n) is 3.44. The summed E-state index contributed by atoms with van der Waals surface area (Å²) in [5.74, 6) is 0.139. The summed E-state index contributed by atoms with van der Waals surface area (Å²) in [7, 11) is 0. The molecule has 1 N–H and O–H groups in total. The zero-order chi connectivity index (χ0) is 18.7. The topological polar surface area (TPSA) is 32.3 Å². The Labute approximate surface area is 157 Å². The Bertz CT molecular complexity index is 759. The van der Waals surface area contributed by atoms with Crippen molar-refractivity contribution < 1.29 is 4.79 Å². The number of amides is 1. The third-order valence-electron chi connectivity index (χ3n) is 5.23. The zero-order valence-corrected chi connectivity index (χ0v) is 16.4. The molecule has 138 valence electrons. The number of rotatable bonds is 3. The molecule has 0 spiro atoms. The first kappa shape index (κ1) is 18.7. The Balaban J connectivity index is 1.77. The van der Waals surface area contributed by atoms with Crippen molar-refractivity contribution in [3.63, 3.8) is 0 Å². The zero-order valence-electron chi connectivity index (χ0n) is 16.4. The molecular formula is C23H30N2O. The summed E-state index contributed by atoms with van der Waals surface area (Å²) in [6.45, 7) is 11.3. The van der Waals surface area contributed by atoms with Crippen LogP contribution in [0.1, 0.15) is 50.0 Å². The third-order valence-corrected chi connectivity index (χ3v) is 5.23. The van der Waals surface area contributed by atoms with Gasteiger partial charge < -0.3 is 10.2 Å². The molecule has 1 atom stereocenters. The summed E-state index contributed by atoms with van der Waals surface area (Å²) >= 11 is 0. The lowest BCUT2D eigenvalue weighted by Gasteiger charge is -2.33. The van der Waals surface area contributed by atoms with Crippen LogP contribution in [0.2, 0.25) is 0 Å². The number of piperazine rings is 1. The van der Waals surface area contributed by atoms with Crippen LogP contribution in [0.3, 0.4) is 0 Å². The van der Waals surface area contributed by atoms with E-state index in [0.29, 0.717) is 6.04 Å². The highest BCUT2D eigenvalue weighted by Gasteiger charge is 2.23. The average molecular weight is 351 g/mol. The van der Waals surface area contributed by atoms with E-state index in [9.17, 15) is 4.79 Å². The molecule has 0 bridgehead atoms. The molecule has 1 heterocycles. The SMILES string of the molecule is CCC1CN(C(=O)c2ccc(-c3cccc(C(C)(C)C)c3)cc2)CCN1. The van der Waals surface area contributed by atoms with Gasteiger partial charge in [0.2, 0.25) is 0 Å². The van der Waals surface area contributed by atoms with Crippen molar-refractivity contribution in [2.75, 3.05) is 19.6 Å². The molecule has 2 aromatic rings. The van der Waals surface area contributed by atoms with E-state index in [-0.39, 0.29) is 11.3 Å². The molecule has 0 saturated carbocycles. The summed E-state index contributed by atoms with van der Waals surface area (Å²) < 4.78 is 0. The Morgan fingerprint density at radius 2 is 1.85 bits per heavy atom. The molecule has 0 aliphatic carbocycles. The van der Waals surface area contributed by atoms with Crippen LogP contribution < -0.4 is 5.32 Å². The summed E-state index contributed by atoms with van der Waals surface area (Å²) in [5.41, 5.74) is 4.58. The van der Waals surface area contributed by atoms with E-state index in [0.717, 1.165) is 37.2 Å². The van der Waals surface area contributed by atoms with Crippen molar-refractivity contribution in [3.8, 4) is 11.1 Å². The summed E-state index contributed by atoms with van der Waals surface area (Å²) in [6.07, 6.45) is 1.05. The molecule has 26 heavy (non-hydrogen) atoms. The van der Waals surface area contributed by atoms with Crippen LogP contribution in [0.15, 0.2) is 48.5 Å². The van der Waals surface area contributed by atoms with E-state index < -0.39 is 0 Å². The van der Waals surface area contributed by atoms with Crippen molar-refractivity contribution in [1.29, 1.82) is 0 Å². The first-order valence-electron chi connectivity index (χ1n) is 9.62.